The van der Waals surface area contributed by atoms with E-state index >= 15 is 0 Å². The van der Waals surface area contributed by atoms with Crippen LogP contribution in [0.1, 0.15) is 11.1 Å². The average Bonchev–Trinajstić information content (AvgIpc) is 2.77. The molecule has 0 radical (unpaired) electrons. The molecular formula is C24H27NO4. The molecule has 0 saturated carbocycles. The van der Waals surface area contributed by atoms with E-state index in [4.69, 9.17) is 14.2 Å². The quantitative estimate of drug-likeness (QED) is 0.527. The highest BCUT2D eigenvalue weighted by Gasteiger charge is 2.12. The van der Waals surface area contributed by atoms with Gasteiger partial charge in [-0.2, -0.15) is 0 Å². The molecule has 0 aliphatic rings. The third kappa shape index (κ3) is 5.00. The van der Waals surface area contributed by atoms with Crippen LogP contribution in [0, 0.1) is 0 Å². The summed E-state index contributed by atoms with van der Waals surface area (Å²) >= 11 is 0. The van der Waals surface area contributed by atoms with Crippen molar-refractivity contribution < 1.29 is 19.3 Å². The van der Waals surface area contributed by atoms with Gasteiger partial charge in [-0.3, -0.25) is 0 Å². The summed E-state index contributed by atoms with van der Waals surface area (Å²) in [5, 5.41) is 13.0. The Morgan fingerprint density at radius 3 is 2.10 bits per heavy atom. The molecule has 3 rings (SSSR count). The molecule has 5 nitrogen and oxygen atoms in total. The smallest absolute Gasteiger partial charge is 0.164 e. The fourth-order valence-electron chi connectivity index (χ4n) is 3.33. The van der Waals surface area contributed by atoms with Gasteiger partial charge in [0, 0.05) is 12.6 Å². The Kier molecular flexibility index (Phi) is 6.98. The van der Waals surface area contributed by atoms with E-state index in [9.17, 15) is 5.11 Å². The number of phenolic OH excluding ortho intramolecular Hbond substituents is 1. The van der Waals surface area contributed by atoms with Gasteiger partial charge in [-0.05, 0) is 53.4 Å². The van der Waals surface area contributed by atoms with Crippen LogP contribution in [0.5, 0.6) is 23.0 Å². The van der Waals surface area contributed by atoms with Crippen LogP contribution < -0.4 is 19.5 Å². The van der Waals surface area contributed by atoms with Gasteiger partial charge in [-0.1, -0.05) is 36.4 Å². The lowest BCUT2D eigenvalue weighted by atomic mass is 9.99. The second-order valence-corrected chi connectivity index (χ2v) is 6.65. The van der Waals surface area contributed by atoms with Crippen LogP contribution in [-0.4, -0.2) is 33.0 Å². The monoisotopic (exact) mass is 393 g/mol. The highest BCUT2D eigenvalue weighted by molar-refractivity contribution is 5.67. The van der Waals surface area contributed by atoms with E-state index in [1.807, 2.05) is 36.4 Å². The first kappa shape index (κ1) is 20.6. The molecule has 0 bridgehead atoms. The van der Waals surface area contributed by atoms with Crippen LogP contribution in [0.3, 0.4) is 0 Å². The zero-order valence-corrected chi connectivity index (χ0v) is 17.1. The molecule has 0 heterocycles. The largest absolute Gasteiger partial charge is 0.508 e. The summed E-state index contributed by atoms with van der Waals surface area (Å²) in [6.07, 6.45) is 0.797. The van der Waals surface area contributed by atoms with Gasteiger partial charge in [-0.25, -0.2) is 0 Å². The number of aromatic hydroxyl groups is 1. The molecule has 0 atom stereocenters. The fraction of sp³-hybridized carbons (Fsp3) is 0.250. The van der Waals surface area contributed by atoms with Crippen molar-refractivity contribution in [3.8, 4) is 34.1 Å². The van der Waals surface area contributed by atoms with Crippen molar-refractivity contribution in [2.75, 3.05) is 27.9 Å². The predicted octanol–water partition coefficient (Wildman–Crippen LogP) is 4.42. The van der Waals surface area contributed by atoms with Gasteiger partial charge in [0.2, 0.25) is 0 Å². The normalized spacial score (nSPS) is 10.6. The molecule has 0 amide bonds. The van der Waals surface area contributed by atoms with Crippen molar-refractivity contribution in [1.82, 2.24) is 5.32 Å². The number of benzene rings is 3. The molecule has 152 valence electrons. The molecular weight excluding hydrogens is 366 g/mol. The van der Waals surface area contributed by atoms with E-state index in [0.29, 0.717) is 11.5 Å². The zero-order chi connectivity index (χ0) is 20.6. The Hall–Kier alpha value is -3.18. The molecule has 0 spiro atoms. The molecule has 5 heteroatoms. The molecule has 3 aromatic carbocycles. The maximum Gasteiger partial charge on any atom is 0.164 e. The zero-order valence-electron chi connectivity index (χ0n) is 17.1. The molecule has 0 unspecified atom stereocenters. The predicted molar refractivity (Wildman–Crippen MR) is 115 cm³/mol. The summed E-state index contributed by atoms with van der Waals surface area (Å²) in [4.78, 5) is 0. The second kappa shape index (κ2) is 9.85. The van der Waals surface area contributed by atoms with Crippen LogP contribution >= 0.6 is 0 Å². The first-order valence-electron chi connectivity index (χ1n) is 9.53. The third-order valence-corrected chi connectivity index (χ3v) is 4.87. The Balaban J connectivity index is 1.67. The van der Waals surface area contributed by atoms with Crippen LogP contribution in [-0.2, 0) is 13.0 Å². The minimum Gasteiger partial charge on any atom is -0.508 e. The highest BCUT2D eigenvalue weighted by atomic mass is 16.5. The maximum atomic E-state index is 9.53. The van der Waals surface area contributed by atoms with Gasteiger partial charge in [0.05, 0.1) is 21.3 Å². The molecule has 3 aromatic rings. The number of phenols is 1. The van der Waals surface area contributed by atoms with Gasteiger partial charge < -0.3 is 24.6 Å². The maximum absolute atomic E-state index is 9.53. The van der Waals surface area contributed by atoms with Gasteiger partial charge in [0.15, 0.2) is 11.5 Å². The van der Waals surface area contributed by atoms with Crippen molar-refractivity contribution >= 4 is 0 Å². The van der Waals surface area contributed by atoms with E-state index in [2.05, 4.69) is 17.4 Å². The van der Waals surface area contributed by atoms with Gasteiger partial charge in [0.1, 0.15) is 11.5 Å². The number of hydrogen-bond donors (Lipinski definition) is 2. The standard InChI is InChI=1S/C24H27NO4/c1-27-22-15-24(29-3)23(28-2)14-18(22)12-13-25-16-19-6-4-5-7-21(19)17-8-10-20(26)11-9-17/h4-11,14-15,25-26H,12-13,16H2,1-3H3. The summed E-state index contributed by atoms with van der Waals surface area (Å²) in [7, 11) is 4.91. The van der Waals surface area contributed by atoms with E-state index in [-0.39, 0.29) is 5.75 Å². The number of hydrogen-bond acceptors (Lipinski definition) is 5. The van der Waals surface area contributed by atoms with Crippen molar-refractivity contribution in [2.45, 2.75) is 13.0 Å². The summed E-state index contributed by atoms with van der Waals surface area (Å²) in [6, 6.07) is 19.4. The average molecular weight is 393 g/mol. The number of rotatable bonds is 9. The molecule has 0 aromatic heterocycles. The van der Waals surface area contributed by atoms with Crippen LogP contribution in [0.4, 0.5) is 0 Å². The lowest BCUT2D eigenvalue weighted by Crippen LogP contribution is -2.17. The summed E-state index contributed by atoms with van der Waals surface area (Å²) in [6.45, 7) is 1.53. The third-order valence-electron chi connectivity index (χ3n) is 4.87. The second-order valence-electron chi connectivity index (χ2n) is 6.65. The van der Waals surface area contributed by atoms with E-state index in [1.54, 1.807) is 33.5 Å². The molecule has 29 heavy (non-hydrogen) atoms. The van der Waals surface area contributed by atoms with Crippen molar-refractivity contribution in [3.05, 3.63) is 71.8 Å². The summed E-state index contributed by atoms with van der Waals surface area (Å²) < 4.78 is 16.3. The molecule has 0 aliphatic carbocycles. The lowest BCUT2D eigenvalue weighted by Gasteiger charge is -2.15. The molecule has 0 fully saturated rings. The lowest BCUT2D eigenvalue weighted by molar-refractivity contribution is 0.347. The first-order valence-corrected chi connectivity index (χ1v) is 9.53. The number of methoxy groups -OCH3 is 3. The van der Waals surface area contributed by atoms with Gasteiger partial charge in [-0.15, -0.1) is 0 Å². The highest BCUT2D eigenvalue weighted by Crippen LogP contribution is 2.34. The molecule has 0 aliphatic heterocycles. The first-order chi connectivity index (χ1) is 14.2. The van der Waals surface area contributed by atoms with Gasteiger partial charge >= 0.3 is 0 Å². The SMILES string of the molecule is COc1cc(OC)c(OC)cc1CCNCc1ccccc1-c1ccc(O)cc1. The molecule has 0 saturated heterocycles. The summed E-state index contributed by atoms with van der Waals surface area (Å²) in [5.41, 5.74) is 4.51. The van der Waals surface area contributed by atoms with Crippen LogP contribution in [0.15, 0.2) is 60.7 Å². The van der Waals surface area contributed by atoms with Crippen molar-refractivity contribution in [1.29, 1.82) is 0 Å². The van der Waals surface area contributed by atoms with Crippen molar-refractivity contribution in [2.24, 2.45) is 0 Å². The van der Waals surface area contributed by atoms with Crippen LogP contribution in [0.25, 0.3) is 11.1 Å². The van der Waals surface area contributed by atoms with Crippen molar-refractivity contribution in [3.63, 3.8) is 0 Å². The minimum absolute atomic E-state index is 0.272. The minimum atomic E-state index is 0.272. The van der Waals surface area contributed by atoms with E-state index in [0.717, 1.165) is 42.0 Å². The number of ether oxygens (including phenoxy) is 3. The Morgan fingerprint density at radius 2 is 1.41 bits per heavy atom. The topological polar surface area (TPSA) is 60.0 Å². The Morgan fingerprint density at radius 1 is 0.759 bits per heavy atom. The molecule has 2 N–H and O–H groups in total. The Labute approximate surface area is 171 Å². The van der Waals surface area contributed by atoms with E-state index in [1.165, 1.54) is 5.56 Å². The van der Waals surface area contributed by atoms with Gasteiger partial charge in [0.25, 0.3) is 0 Å². The number of nitrogens with one attached hydrogen (secondary N) is 1. The fourth-order valence-corrected chi connectivity index (χ4v) is 3.33. The van der Waals surface area contributed by atoms with E-state index < -0.39 is 0 Å². The summed E-state index contributed by atoms with van der Waals surface area (Å²) in [5.74, 6) is 2.41. The van der Waals surface area contributed by atoms with Crippen LogP contribution in [0.2, 0.25) is 0 Å². The Bertz CT molecular complexity index is 938.